The minimum absolute atomic E-state index is 0.133. The average Bonchev–Trinajstić information content (AvgIpc) is 2.16. The molecule has 0 saturated heterocycles. The van der Waals surface area contributed by atoms with Gasteiger partial charge in [0, 0.05) is 13.0 Å². The van der Waals surface area contributed by atoms with Crippen LogP contribution in [0.1, 0.15) is 13.8 Å². The van der Waals surface area contributed by atoms with Gasteiger partial charge in [-0.1, -0.05) is 6.07 Å². The Morgan fingerprint density at radius 3 is 2.93 bits per heavy atom. The molecule has 0 saturated carbocycles. The molecule has 1 rings (SSSR count). The van der Waals surface area contributed by atoms with Gasteiger partial charge in [0.1, 0.15) is 5.75 Å². The first-order valence-electron chi connectivity index (χ1n) is 4.48. The largest absolute Gasteiger partial charge is 0.494 e. The van der Waals surface area contributed by atoms with Gasteiger partial charge in [0.15, 0.2) is 0 Å². The van der Waals surface area contributed by atoms with E-state index >= 15 is 0 Å². The Morgan fingerprint density at radius 1 is 1.50 bits per heavy atom. The normalized spacial score (nSPS) is 9.29. The first-order chi connectivity index (χ1) is 6.72. The van der Waals surface area contributed by atoms with E-state index in [1.54, 1.807) is 0 Å². The van der Waals surface area contributed by atoms with Crippen molar-refractivity contribution >= 4 is 11.6 Å². The van der Waals surface area contributed by atoms with Gasteiger partial charge >= 0.3 is 0 Å². The minimum Gasteiger partial charge on any atom is -0.494 e. The van der Waals surface area contributed by atoms with Crippen molar-refractivity contribution in [2.24, 2.45) is 0 Å². The van der Waals surface area contributed by atoms with Gasteiger partial charge in [-0.05, 0) is 19.1 Å². The summed E-state index contributed by atoms with van der Waals surface area (Å²) < 4.78 is 5.30. The molecule has 2 N–H and O–H groups in total. The lowest BCUT2D eigenvalue weighted by molar-refractivity contribution is -0.118. The smallest absolute Gasteiger partial charge is 0.235 e. The fourth-order valence-corrected chi connectivity index (χ4v) is 0.990. The highest BCUT2D eigenvalue weighted by Crippen LogP contribution is 2.16. The molecule has 0 heterocycles. The van der Waals surface area contributed by atoms with Crippen molar-refractivity contribution in [3.63, 3.8) is 0 Å². The summed E-state index contributed by atoms with van der Waals surface area (Å²) in [5.74, 6) is 0.648. The third-order valence-corrected chi connectivity index (χ3v) is 1.53. The van der Waals surface area contributed by atoms with E-state index in [1.807, 2.05) is 31.2 Å². The fraction of sp³-hybridized carbons (Fsp3) is 0.300. The van der Waals surface area contributed by atoms with E-state index < -0.39 is 0 Å². The Morgan fingerprint density at radius 2 is 2.29 bits per heavy atom. The number of benzene rings is 1. The van der Waals surface area contributed by atoms with E-state index in [9.17, 15) is 4.79 Å². The third-order valence-electron chi connectivity index (χ3n) is 1.53. The zero-order valence-electron chi connectivity index (χ0n) is 8.33. The molecule has 0 aliphatic heterocycles. The molecule has 4 nitrogen and oxygen atoms in total. The number of nitrogens with one attached hydrogen (secondary N) is 2. The summed E-state index contributed by atoms with van der Waals surface area (Å²) in [5.41, 5.74) is 6.05. The Balaban J connectivity index is 2.58. The van der Waals surface area contributed by atoms with Crippen LogP contribution in [0.25, 0.3) is 0 Å². The highest BCUT2D eigenvalue weighted by Gasteiger charge is 1.95. The average molecular weight is 194 g/mol. The quantitative estimate of drug-likeness (QED) is 0.715. The van der Waals surface area contributed by atoms with Crippen molar-refractivity contribution in [2.75, 3.05) is 12.0 Å². The zero-order chi connectivity index (χ0) is 10.4. The van der Waals surface area contributed by atoms with Crippen LogP contribution < -0.4 is 15.6 Å². The molecule has 0 unspecified atom stereocenters. The lowest BCUT2D eigenvalue weighted by atomic mass is 10.3. The number of ether oxygens (including phenoxy) is 1. The molecule has 4 heteroatoms. The number of carbonyl (C=O) groups is 1. The minimum atomic E-state index is -0.133. The molecule has 14 heavy (non-hydrogen) atoms. The van der Waals surface area contributed by atoms with Gasteiger partial charge in [-0.3, -0.25) is 15.6 Å². The summed E-state index contributed by atoms with van der Waals surface area (Å²) in [5, 5.41) is 0. The molecule has 0 fully saturated rings. The number of anilines is 1. The molecule has 0 aromatic heterocycles. The Hall–Kier alpha value is -1.71. The maximum absolute atomic E-state index is 10.6. The molecule has 0 bridgehead atoms. The second kappa shape index (κ2) is 5.11. The summed E-state index contributed by atoms with van der Waals surface area (Å²) >= 11 is 0. The van der Waals surface area contributed by atoms with Crippen LogP contribution in [0.15, 0.2) is 24.3 Å². The number of carbonyl (C=O) groups excluding carboxylic acids is 1. The molecule has 76 valence electrons. The number of hydrogen-bond acceptors (Lipinski definition) is 3. The predicted molar refractivity (Wildman–Crippen MR) is 55.1 cm³/mol. The number of amides is 1. The van der Waals surface area contributed by atoms with E-state index in [-0.39, 0.29) is 5.91 Å². The molecule has 1 amide bonds. The van der Waals surface area contributed by atoms with E-state index in [0.717, 1.165) is 11.4 Å². The van der Waals surface area contributed by atoms with E-state index in [1.165, 1.54) is 6.92 Å². The number of hydrogen-bond donors (Lipinski definition) is 2. The summed E-state index contributed by atoms with van der Waals surface area (Å²) in [6, 6.07) is 7.38. The van der Waals surface area contributed by atoms with Crippen LogP contribution in [-0.4, -0.2) is 12.5 Å². The van der Waals surface area contributed by atoms with E-state index in [2.05, 4.69) is 10.9 Å². The maximum Gasteiger partial charge on any atom is 0.235 e. The van der Waals surface area contributed by atoms with Crippen molar-refractivity contribution < 1.29 is 9.53 Å². The van der Waals surface area contributed by atoms with Crippen molar-refractivity contribution in [3.05, 3.63) is 24.3 Å². The Labute approximate surface area is 83.2 Å². The topological polar surface area (TPSA) is 50.4 Å². The second-order valence-corrected chi connectivity index (χ2v) is 2.77. The van der Waals surface area contributed by atoms with Gasteiger partial charge < -0.3 is 4.74 Å². The molecule has 0 aliphatic carbocycles. The SMILES string of the molecule is CCOc1cccc(NNC(C)=O)c1. The number of rotatable bonds is 4. The van der Waals surface area contributed by atoms with Gasteiger partial charge in [-0.15, -0.1) is 0 Å². The maximum atomic E-state index is 10.6. The molecular formula is C10H14N2O2. The molecule has 0 spiro atoms. The highest BCUT2D eigenvalue weighted by molar-refractivity contribution is 5.74. The molecule has 1 aromatic rings. The predicted octanol–water partition coefficient (Wildman–Crippen LogP) is 1.55. The van der Waals surface area contributed by atoms with Crippen LogP contribution in [0.5, 0.6) is 5.75 Å². The molecule has 0 aliphatic rings. The fourth-order valence-electron chi connectivity index (χ4n) is 0.990. The van der Waals surface area contributed by atoms with Gasteiger partial charge in [0.25, 0.3) is 0 Å². The first kappa shape index (κ1) is 10.4. The molecule has 0 radical (unpaired) electrons. The van der Waals surface area contributed by atoms with Crippen molar-refractivity contribution in [1.82, 2.24) is 5.43 Å². The lowest BCUT2D eigenvalue weighted by Gasteiger charge is -2.08. The monoisotopic (exact) mass is 194 g/mol. The second-order valence-electron chi connectivity index (χ2n) is 2.77. The Bertz CT molecular complexity index is 313. The molecular weight excluding hydrogens is 180 g/mol. The van der Waals surface area contributed by atoms with Crippen LogP contribution in [0.2, 0.25) is 0 Å². The summed E-state index contributed by atoms with van der Waals surface area (Å²) in [7, 11) is 0. The van der Waals surface area contributed by atoms with Crippen LogP contribution in [0.3, 0.4) is 0 Å². The van der Waals surface area contributed by atoms with Gasteiger partial charge in [0.05, 0.1) is 12.3 Å². The summed E-state index contributed by atoms with van der Waals surface area (Å²) in [6.07, 6.45) is 0. The third kappa shape index (κ3) is 3.35. The Kier molecular flexibility index (Phi) is 3.79. The number of hydrazine groups is 1. The van der Waals surface area contributed by atoms with Crippen LogP contribution in [-0.2, 0) is 4.79 Å². The van der Waals surface area contributed by atoms with Crippen molar-refractivity contribution in [1.29, 1.82) is 0 Å². The van der Waals surface area contributed by atoms with E-state index in [4.69, 9.17) is 4.74 Å². The lowest BCUT2D eigenvalue weighted by Crippen LogP contribution is -2.26. The van der Waals surface area contributed by atoms with Crippen LogP contribution in [0, 0.1) is 0 Å². The first-order valence-corrected chi connectivity index (χ1v) is 4.48. The standard InChI is InChI=1S/C10H14N2O2/c1-3-14-10-6-4-5-9(7-10)12-11-8(2)13/h4-7,12H,3H2,1-2H3,(H,11,13). The van der Waals surface area contributed by atoms with Gasteiger partial charge in [-0.2, -0.15) is 0 Å². The molecule has 0 atom stereocenters. The van der Waals surface area contributed by atoms with E-state index in [0.29, 0.717) is 6.61 Å². The highest BCUT2D eigenvalue weighted by atomic mass is 16.5. The summed E-state index contributed by atoms with van der Waals surface area (Å²) in [6.45, 7) is 4.00. The van der Waals surface area contributed by atoms with Gasteiger partial charge in [-0.25, -0.2) is 0 Å². The van der Waals surface area contributed by atoms with Crippen molar-refractivity contribution in [2.45, 2.75) is 13.8 Å². The zero-order valence-corrected chi connectivity index (χ0v) is 8.33. The summed E-state index contributed by atoms with van der Waals surface area (Å²) in [4.78, 5) is 10.6. The van der Waals surface area contributed by atoms with Crippen molar-refractivity contribution in [3.8, 4) is 5.75 Å². The molecule has 1 aromatic carbocycles. The van der Waals surface area contributed by atoms with Crippen LogP contribution in [0.4, 0.5) is 5.69 Å². The van der Waals surface area contributed by atoms with Gasteiger partial charge in [0.2, 0.25) is 5.91 Å². The van der Waals surface area contributed by atoms with Crippen LogP contribution >= 0.6 is 0 Å².